The maximum Gasteiger partial charge on any atom is 0.248 e. The Hall–Kier alpha value is -2.36. The molecule has 4 rings (SSSR count). The zero-order valence-electron chi connectivity index (χ0n) is 13.7. The van der Waals surface area contributed by atoms with E-state index in [2.05, 4.69) is 28.5 Å². The second-order valence-electron chi connectivity index (χ2n) is 6.90. The molecular weight excluding hydrogens is 300 g/mol. The number of benzene rings is 1. The van der Waals surface area contributed by atoms with Crippen molar-refractivity contribution in [2.45, 2.75) is 51.0 Å². The molecule has 2 aliphatic carbocycles. The lowest BCUT2D eigenvalue weighted by atomic mass is 9.91. The molecule has 1 aromatic heterocycles. The van der Waals surface area contributed by atoms with Crippen LogP contribution in [0.2, 0.25) is 0 Å². The molecule has 0 bridgehead atoms. The molecule has 24 heavy (non-hydrogen) atoms. The quantitative estimate of drug-likeness (QED) is 0.912. The summed E-state index contributed by atoms with van der Waals surface area (Å²) in [5.74, 6) is 0.0528. The van der Waals surface area contributed by atoms with Gasteiger partial charge in [-0.3, -0.25) is 9.59 Å². The molecule has 2 aromatic rings. The molecule has 1 amide bonds. The van der Waals surface area contributed by atoms with Crippen molar-refractivity contribution in [3.63, 3.8) is 0 Å². The van der Waals surface area contributed by atoms with Crippen LogP contribution in [0.5, 0.6) is 0 Å². The number of aromatic nitrogens is 1. The first-order chi connectivity index (χ1) is 11.7. The van der Waals surface area contributed by atoms with E-state index in [9.17, 15) is 9.59 Å². The van der Waals surface area contributed by atoms with Gasteiger partial charge in [0.2, 0.25) is 11.5 Å². The third-order valence-corrected chi connectivity index (χ3v) is 5.19. The van der Waals surface area contributed by atoms with E-state index in [1.54, 1.807) is 6.07 Å². The minimum atomic E-state index is -0.0705. The van der Waals surface area contributed by atoms with Gasteiger partial charge >= 0.3 is 0 Å². The highest BCUT2D eigenvalue weighted by molar-refractivity contribution is 5.79. The van der Waals surface area contributed by atoms with E-state index in [1.165, 1.54) is 24.0 Å². The van der Waals surface area contributed by atoms with Gasteiger partial charge in [0.15, 0.2) is 0 Å². The highest BCUT2D eigenvalue weighted by Crippen LogP contribution is 2.28. The van der Waals surface area contributed by atoms with Gasteiger partial charge in [-0.25, -0.2) is 0 Å². The first-order valence-corrected chi connectivity index (χ1v) is 8.81. The van der Waals surface area contributed by atoms with Crippen molar-refractivity contribution >= 4 is 5.91 Å². The molecule has 0 saturated carbocycles. The molecule has 0 saturated heterocycles. The molecule has 1 unspecified atom stereocenters. The van der Waals surface area contributed by atoms with Crippen LogP contribution in [0.15, 0.2) is 35.1 Å². The highest BCUT2D eigenvalue weighted by atomic mass is 16.1. The average molecular weight is 322 g/mol. The number of nitrogens with one attached hydrogen (secondary N) is 2. The van der Waals surface area contributed by atoms with E-state index in [1.807, 2.05) is 6.07 Å². The summed E-state index contributed by atoms with van der Waals surface area (Å²) in [7, 11) is 0. The lowest BCUT2D eigenvalue weighted by molar-refractivity contribution is -0.121. The molecule has 1 heterocycles. The smallest absolute Gasteiger partial charge is 0.248 e. The fourth-order valence-corrected chi connectivity index (χ4v) is 4.02. The number of H-pyrrole nitrogens is 1. The number of hydrogen-bond acceptors (Lipinski definition) is 2. The second kappa shape index (κ2) is 6.27. The number of carbonyl (C=O) groups excluding carboxylic acids is 1. The molecule has 1 atom stereocenters. The number of hydrogen-bond donors (Lipinski definition) is 2. The van der Waals surface area contributed by atoms with Crippen LogP contribution in [0, 0.1) is 0 Å². The Morgan fingerprint density at radius 3 is 2.88 bits per heavy atom. The average Bonchev–Trinajstić information content (AvgIpc) is 3.02. The van der Waals surface area contributed by atoms with E-state index in [0.29, 0.717) is 6.42 Å². The fraction of sp³-hybridized carbons (Fsp3) is 0.400. The Bertz CT molecular complexity index is 838. The number of pyridine rings is 1. The van der Waals surface area contributed by atoms with Crippen molar-refractivity contribution in [1.82, 2.24) is 10.3 Å². The summed E-state index contributed by atoms with van der Waals surface area (Å²) in [6.07, 6.45) is 6.73. The summed E-state index contributed by atoms with van der Waals surface area (Å²) in [6, 6.07) is 9.85. The Labute approximate surface area is 141 Å². The molecule has 2 aliphatic rings. The minimum absolute atomic E-state index is 0.00697. The maximum atomic E-state index is 12.5. The molecule has 124 valence electrons. The number of rotatable bonds is 3. The van der Waals surface area contributed by atoms with Crippen LogP contribution in [0.4, 0.5) is 0 Å². The van der Waals surface area contributed by atoms with Gasteiger partial charge in [-0.1, -0.05) is 18.2 Å². The number of carbonyl (C=O) groups is 1. The largest absolute Gasteiger partial charge is 0.349 e. The number of amides is 1. The molecule has 0 fully saturated rings. The first-order valence-electron chi connectivity index (χ1n) is 8.81. The summed E-state index contributed by atoms with van der Waals surface area (Å²) < 4.78 is 0. The number of aryl methyl sites for hydroxylation is 3. The fourth-order valence-electron chi connectivity index (χ4n) is 4.02. The zero-order valence-corrected chi connectivity index (χ0v) is 13.7. The Balaban J connectivity index is 1.46. The summed E-state index contributed by atoms with van der Waals surface area (Å²) in [5.41, 5.74) is 5.88. The molecule has 1 aromatic carbocycles. The van der Waals surface area contributed by atoms with E-state index >= 15 is 0 Å². The number of aromatic amines is 1. The standard InChI is InChI=1S/C20H22N2O2/c23-19-10-9-16-17(21-19)5-2-6-18(16)22-20(24)12-13-7-8-14-3-1-4-15(14)11-13/h7-11,18H,1-6,12H2,(H,21,23)(H,22,24). The van der Waals surface area contributed by atoms with Crippen molar-refractivity contribution in [2.75, 3.05) is 0 Å². The Morgan fingerprint density at radius 1 is 1.08 bits per heavy atom. The predicted molar refractivity (Wildman–Crippen MR) is 93.1 cm³/mol. The SMILES string of the molecule is O=C(Cc1ccc2c(c1)CCC2)NC1CCCc2[nH]c(=O)ccc21. The molecular formula is C20H22N2O2. The Kier molecular flexibility index (Phi) is 3.97. The molecule has 0 aliphatic heterocycles. The minimum Gasteiger partial charge on any atom is -0.349 e. The van der Waals surface area contributed by atoms with Gasteiger partial charge in [-0.15, -0.1) is 0 Å². The summed E-state index contributed by atoms with van der Waals surface area (Å²) in [6.45, 7) is 0. The van der Waals surface area contributed by atoms with Crippen molar-refractivity contribution < 1.29 is 4.79 Å². The van der Waals surface area contributed by atoms with Crippen LogP contribution in [-0.2, 0) is 30.5 Å². The van der Waals surface area contributed by atoms with Crippen LogP contribution in [0.25, 0.3) is 0 Å². The highest BCUT2D eigenvalue weighted by Gasteiger charge is 2.22. The van der Waals surface area contributed by atoms with E-state index < -0.39 is 0 Å². The van der Waals surface area contributed by atoms with E-state index in [4.69, 9.17) is 0 Å². The third kappa shape index (κ3) is 3.01. The van der Waals surface area contributed by atoms with E-state index in [-0.39, 0.29) is 17.5 Å². The van der Waals surface area contributed by atoms with Crippen LogP contribution < -0.4 is 10.9 Å². The van der Waals surface area contributed by atoms with Gasteiger partial charge in [0.25, 0.3) is 0 Å². The third-order valence-electron chi connectivity index (χ3n) is 5.19. The van der Waals surface area contributed by atoms with Gasteiger partial charge in [-0.2, -0.15) is 0 Å². The van der Waals surface area contributed by atoms with Crippen LogP contribution in [0.1, 0.15) is 53.3 Å². The van der Waals surface area contributed by atoms with Crippen molar-refractivity contribution in [3.8, 4) is 0 Å². The summed E-state index contributed by atoms with van der Waals surface area (Å²) >= 11 is 0. The molecule has 4 heteroatoms. The van der Waals surface area contributed by atoms with Gasteiger partial charge in [0.05, 0.1) is 12.5 Å². The van der Waals surface area contributed by atoms with Crippen molar-refractivity contribution in [2.24, 2.45) is 0 Å². The molecule has 2 N–H and O–H groups in total. The monoisotopic (exact) mass is 322 g/mol. The van der Waals surface area contributed by atoms with Crippen LogP contribution >= 0.6 is 0 Å². The topological polar surface area (TPSA) is 62.0 Å². The normalized spacial score (nSPS) is 18.8. The number of fused-ring (bicyclic) bond motifs is 2. The van der Waals surface area contributed by atoms with Crippen LogP contribution in [-0.4, -0.2) is 10.9 Å². The lowest BCUT2D eigenvalue weighted by Gasteiger charge is -2.26. The molecule has 4 nitrogen and oxygen atoms in total. The summed E-state index contributed by atoms with van der Waals surface area (Å²) in [5, 5.41) is 3.15. The molecule has 0 spiro atoms. The van der Waals surface area contributed by atoms with Crippen molar-refractivity contribution in [3.05, 3.63) is 68.6 Å². The first kappa shape index (κ1) is 15.2. The van der Waals surface area contributed by atoms with E-state index in [0.717, 1.165) is 42.5 Å². The maximum absolute atomic E-state index is 12.5. The van der Waals surface area contributed by atoms with Crippen LogP contribution in [0.3, 0.4) is 0 Å². The predicted octanol–water partition coefficient (Wildman–Crippen LogP) is 2.60. The lowest BCUT2D eigenvalue weighted by Crippen LogP contribution is -2.33. The van der Waals surface area contributed by atoms with Gasteiger partial charge < -0.3 is 10.3 Å². The van der Waals surface area contributed by atoms with Crippen molar-refractivity contribution in [1.29, 1.82) is 0 Å². The Morgan fingerprint density at radius 2 is 1.96 bits per heavy atom. The summed E-state index contributed by atoms with van der Waals surface area (Å²) in [4.78, 5) is 26.8. The zero-order chi connectivity index (χ0) is 16.5. The van der Waals surface area contributed by atoms with Gasteiger partial charge in [-0.05, 0) is 66.8 Å². The second-order valence-corrected chi connectivity index (χ2v) is 6.90. The van der Waals surface area contributed by atoms with Gasteiger partial charge in [0.1, 0.15) is 0 Å². The van der Waals surface area contributed by atoms with Gasteiger partial charge in [0, 0.05) is 11.8 Å². The molecule has 0 radical (unpaired) electrons.